The molecule has 0 rings (SSSR count). The van der Waals surface area contributed by atoms with Crippen molar-refractivity contribution in [2.75, 3.05) is 39.6 Å². The van der Waals surface area contributed by atoms with E-state index in [1.807, 2.05) is 0 Å². The first-order chi connectivity index (χ1) is 55.1. The van der Waals surface area contributed by atoms with Crippen molar-refractivity contribution in [1.29, 1.82) is 0 Å². The van der Waals surface area contributed by atoms with Crippen LogP contribution in [0.2, 0.25) is 0 Å². The molecule has 0 saturated heterocycles. The van der Waals surface area contributed by atoms with Crippen molar-refractivity contribution < 1.29 is 80.2 Å². The first kappa shape index (κ1) is 111. The fraction of sp³-hybridized carbons (Fsp3) is 0.957. The first-order valence-corrected chi connectivity index (χ1v) is 51.7. The number of aliphatic hydroxyl groups is 1. The van der Waals surface area contributed by atoms with Gasteiger partial charge in [0.25, 0.3) is 0 Å². The average molecular weight is 1650 g/mol. The van der Waals surface area contributed by atoms with Crippen LogP contribution < -0.4 is 0 Å². The van der Waals surface area contributed by atoms with Crippen LogP contribution in [-0.4, -0.2) is 96.7 Å². The maximum absolute atomic E-state index is 13.2. The van der Waals surface area contributed by atoms with E-state index in [-0.39, 0.29) is 25.7 Å². The van der Waals surface area contributed by atoms with Gasteiger partial charge in [0.1, 0.15) is 19.3 Å². The molecule has 0 radical (unpaired) electrons. The molecule has 0 aromatic rings. The normalized spacial score (nSPS) is 13.9. The van der Waals surface area contributed by atoms with Gasteiger partial charge in [0.2, 0.25) is 0 Å². The number of unbranched alkanes of at least 4 members (excludes halogenated alkanes) is 65. The van der Waals surface area contributed by atoms with Gasteiger partial charge in [-0.1, -0.05) is 465 Å². The van der Waals surface area contributed by atoms with Gasteiger partial charge in [-0.3, -0.25) is 37.3 Å². The smallest absolute Gasteiger partial charge is 0.462 e. The summed E-state index contributed by atoms with van der Waals surface area (Å²) in [6, 6.07) is 0. The highest BCUT2D eigenvalue weighted by Crippen LogP contribution is 2.45. The molecule has 6 atom stereocenters. The monoisotopic (exact) mass is 1650 g/mol. The lowest BCUT2D eigenvalue weighted by Gasteiger charge is -2.21. The number of carbonyl (C=O) groups excluding carboxylic acids is 4. The number of esters is 4. The van der Waals surface area contributed by atoms with E-state index in [4.69, 9.17) is 37.0 Å². The van der Waals surface area contributed by atoms with E-state index in [0.29, 0.717) is 25.7 Å². The Balaban J connectivity index is 5.20. The minimum atomic E-state index is -4.97. The van der Waals surface area contributed by atoms with E-state index in [9.17, 15) is 43.2 Å². The Morgan fingerprint density at radius 1 is 0.248 bits per heavy atom. The van der Waals surface area contributed by atoms with Crippen molar-refractivity contribution in [3.63, 3.8) is 0 Å². The number of hydrogen-bond acceptors (Lipinski definition) is 15. The second-order valence-corrected chi connectivity index (χ2v) is 36.9. The van der Waals surface area contributed by atoms with Crippen LogP contribution in [0.3, 0.4) is 0 Å². The SMILES string of the molecule is CCCCCCCCCCCCCCCCCCCCCCCC(=O)OC[C@H](COP(=O)(O)OC[C@@H](O)COP(=O)(O)OC[C@@H](COC(=O)CCCCCCCCC(C)CC)OC(=O)CCCCCCCCCCCCCCCCCCCCCCC)OC(=O)CCCCCCCCCCCCCCCCCCCCCCC. The molecule has 19 heteroatoms. The highest BCUT2D eigenvalue weighted by molar-refractivity contribution is 7.47. The molecular formula is C94H184O17P2. The molecule has 3 N–H and O–H groups in total. The van der Waals surface area contributed by atoms with Crippen LogP contribution in [0.25, 0.3) is 0 Å². The molecule has 0 aromatic carbocycles. The van der Waals surface area contributed by atoms with Gasteiger partial charge in [-0.15, -0.1) is 0 Å². The molecule has 0 aliphatic carbocycles. The van der Waals surface area contributed by atoms with Crippen molar-refractivity contribution in [3.8, 4) is 0 Å². The standard InChI is InChI=1S/C94H184O17P2/c1-6-10-13-16-19-22-25-28-31-34-37-40-43-46-49-52-55-58-61-67-72-77-91(96)104-83-89(110-93(98)79-74-69-62-59-56-53-50-47-44-41-38-35-32-29-26-23-20-17-14-11-7-2)85-108-112(100,101)106-81-88(95)82-107-113(102,103)109-86-90(84-105-92(97)78-73-68-65-64-66-71-76-87(5)9-4)111-94(99)80-75-70-63-60-57-54-51-48-45-42-39-36-33-30-27-24-21-18-15-12-8-3/h87-90,95H,6-86H2,1-5H3,(H,100,101)(H,102,103)/t87?,88-,89-,90-/m1/s1. The molecule has 17 nitrogen and oxygen atoms in total. The van der Waals surface area contributed by atoms with Crippen LogP contribution in [0, 0.1) is 5.92 Å². The average Bonchev–Trinajstić information content (AvgIpc) is 0.892. The second kappa shape index (κ2) is 86.4. The molecule has 0 saturated carbocycles. The van der Waals surface area contributed by atoms with Crippen LogP contribution >= 0.6 is 15.6 Å². The van der Waals surface area contributed by atoms with Gasteiger partial charge in [-0.25, -0.2) is 9.13 Å². The van der Waals surface area contributed by atoms with Crippen molar-refractivity contribution in [2.45, 2.75) is 534 Å². The fourth-order valence-corrected chi connectivity index (χ4v) is 16.4. The number of hydrogen-bond donors (Lipinski definition) is 3. The third kappa shape index (κ3) is 86.3. The lowest BCUT2D eigenvalue weighted by atomic mass is 10.00. The van der Waals surface area contributed by atoms with E-state index in [1.54, 1.807) is 0 Å². The highest BCUT2D eigenvalue weighted by Gasteiger charge is 2.31. The number of aliphatic hydroxyl groups excluding tert-OH is 1. The molecular weight excluding hydrogens is 1460 g/mol. The summed E-state index contributed by atoms with van der Waals surface area (Å²) in [6.07, 6.45) is 83.7. The van der Waals surface area contributed by atoms with Gasteiger partial charge in [-0.2, -0.15) is 0 Å². The predicted molar refractivity (Wildman–Crippen MR) is 469 cm³/mol. The summed E-state index contributed by atoms with van der Waals surface area (Å²) in [5.41, 5.74) is 0. The number of phosphoric ester groups is 2. The lowest BCUT2D eigenvalue weighted by molar-refractivity contribution is -0.161. The van der Waals surface area contributed by atoms with E-state index in [1.165, 1.54) is 334 Å². The van der Waals surface area contributed by atoms with E-state index in [2.05, 4.69) is 34.6 Å². The van der Waals surface area contributed by atoms with Crippen LogP contribution in [0.1, 0.15) is 516 Å². The highest BCUT2D eigenvalue weighted by atomic mass is 31.2. The molecule has 672 valence electrons. The van der Waals surface area contributed by atoms with Gasteiger partial charge in [0.15, 0.2) is 12.2 Å². The molecule has 0 aliphatic heterocycles. The maximum atomic E-state index is 13.2. The molecule has 0 amide bonds. The quantitative estimate of drug-likeness (QED) is 0.0222. The molecule has 0 aromatic heterocycles. The van der Waals surface area contributed by atoms with Crippen LogP contribution in [0.4, 0.5) is 0 Å². The van der Waals surface area contributed by atoms with Crippen LogP contribution in [-0.2, 0) is 65.4 Å². The number of phosphoric acid groups is 2. The molecule has 0 bridgehead atoms. The minimum Gasteiger partial charge on any atom is -0.462 e. The Labute approximate surface area is 696 Å². The Morgan fingerprint density at radius 2 is 0.425 bits per heavy atom. The summed E-state index contributed by atoms with van der Waals surface area (Å²) in [5.74, 6) is -1.36. The molecule has 0 spiro atoms. The minimum absolute atomic E-state index is 0.109. The molecule has 0 heterocycles. The van der Waals surface area contributed by atoms with Crippen LogP contribution in [0.15, 0.2) is 0 Å². The van der Waals surface area contributed by atoms with Crippen LogP contribution in [0.5, 0.6) is 0 Å². The molecule has 0 aliphatic rings. The third-order valence-electron chi connectivity index (χ3n) is 22.6. The van der Waals surface area contributed by atoms with Crippen molar-refractivity contribution >= 4 is 39.5 Å². The first-order valence-electron chi connectivity index (χ1n) is 48.7. The van der Waals surface area contributed by atoms with E-state index < -0.39 is 97.5 Å². The third-order valence-corrected chi connectivity index (χ3v) is 24.5. The Morgan fingerprint density at radius 3 is 0.628 bits per heavy atom. The van der Waals surface area contributed by atoms with Crippen molar-refractivity contribution in [3.05, 3.63) is 0 Å². The topological polar surface area (TPSA) is 237 Å². The number of carbonyl (C=O) groups is 4. The lowest BCUT2D eigenvalue weighted by Crippen LogP contribution is -2.30. The summed E-state index contributed by atoms with van der Waals surface area (Å²) in [6.45, 7) is 7.37. The van der Waals surface area contributed by atoms with E-state index >= 15 is 0 Å². The second-order valence-electron chi connectivity index (χ2n) is 34.0. The van der Waals surface area contributed by atoms with Gasteiger partial charge in [0, 0.05) is 25.7 Å². The summed E-state index contributed by atoms with van der Waals surface area (Å²) >= 11 is 0. The zero-order valence-corrected chi connectivity index (χ0v) is 76.3. The number of ether oxygens (including phenoxy) is 4. The largest absolute Gasteiger partial charge is 0.472 e. The van der Waals surface area contributed by atoms with Crippen molar-refractivity contribution in [2.24, 2.45) is 5.92 Å². The molecule has 3 unspecified atom stereocenters. The van der Waals surface area contributed by atoms with Gasteiger partial charge in [-0.05, 0) is 31.6 Å². The number of rotatable bonds is 94. The zero-order valence-electron chi connectivity index (χ0n) is 74.5. The summed E-state index contributed by atoms with van der Waals surface area (Å²) in [7, 11) is -9.94. The fourth-order valence-electron chi connectivity index (χ4n) is 14.9. The van der Waals surface area contributed by atoms with Gasteiger partial charge >= 0.3 is 39.5 Å². The molecule has 0 fully saturated rings. The summed E-state index contributed by atoms with van der Waals surface area (Å²) < 4.78 is 69.1. The van der Waals surface area contributed by atoms with Gasteiger partial charge < -0.3 is 33.8 Å². The van der Waals surface area contributed by atoms with Crippen molar-refractivity contribution in [1.82, 2.24) is 0 Å². The maximum Gasteiger partial charge on any atom is 0.472 e. The van der Waals surface area contributed by atoms with Gasteiger partial charge in [0.05, 0.1) is 26.4 Å². The van der Waals surface area contributed by atoms with E-state index in [0.717, 1.165) is 102 Å². The predicted octanol–water partition coefficient (Wildman–Crippen LogP) is 29.5. The summed E-state index contributed by atoms with van der Waals surface area (Å²) in [4.78, 5) is 73.5. The summed E-state index contributed by atoms with van der Waals surface area (Å²) in [5, 5.41) is 10.7. The Bertz CT molecular complexity index is 2140. The Kier molecular flexibility index (Phi) is 85.0. The Hall–Kier alpha value is -1.94. The molecule has 113 heavy (non-hydrogen) atoms. The zero-order chi connectivity index (χ0) is 82.6.